The number of nitrogens with zero attached hydrogens (tertiary/aromatic N) is 3. The predicted octanol–water partition coefficient (Wildman–Crippen LogP) is 2.23. The standard InChI is InChI=1S/C16H15Cl2N3O4/c17-11-2-1-10(9-12(11)18)21-6-3-13(19-21)14(22)20-7-4-16(25,5-8-20)15(23)24/h1-3,6,9,25H,4-5,7-8H2,(H,23,24). The van der Waals surface area contributed by atoms with Crippen LogP contribution in [0.25, 0.3) is 5.69 Å². The van der Waals surface area contributed by atoms with Crippen molar-refractivity contribution in [3.63, 3.8) is 0 Å². The predicted molar refractivity (Wildman–Crippen MR) is 91.3 cm³/mol. The van der Waals surface area contributed by atoms with Crippen LogP contribution in [0.1, 0.15) is 23.3 Å². The van der Waals surface area contributed by atoms with Crippen LogP contribution in [0.5, 0.6) is 0 Å². The van der Waals surface area contributed by atoms with Gasteiger partial charge in [-0.2, -0.15) is 5.10 Å². The Balaban J connectivity index is 1.73. The highest BCUT2D eigenvalue weighted by atomic mass is 35.5. The van der Waals surface area contributed by atoms with Crippen LogP contribution >= 0.6 is 23.2 Å². The number of carboxylic acids is 1. The van der Waals surface area contributed by atoms with Crippen molar-refractivity contribution in [1.82, 2.24) is 14.7 Å². The van der Waals surface area contributed by atoms with Crippen molar-refractivity contribution in [2.75, 3.05) is 13.1 Å². The number of piperidine rings is 1. The van der Waals surface area contributed by atoms with Crippen LogP contribution in [-0.4, -0.2) is 55.5 Å². The molecule has 2 N–H and O–H groups in total. The molecule has 2 aromatic rings. The van der Waals surface area contributed by atoms with Crippen molar-refractivity contribution in [2.24, 2.45) is 0 Å². The molecule has 1 fully saturated rings. The molecule has 0 radical (unpaired) electrons. The van der Waals surface area contributed by atoms with Gasteiger partial charge in [0.25, 0.3) is 5.91 Å². The minimum Gasteiger partial charge on any atom is -0.479 e. The third kappa shape index (κ3) is 3.49. The second kappa shape index (κ2) is 6.67. The van der Waals surface area contributed by atoms with E-state index in [2.05, 4.69) is 5.10 Å². The van der Waals surface area contributed by atoms with Gasteiger partial charge < -0.3 is 15.1 Å². The van der Waals surface area contributed by atoms with Crippen LogP contribution in [0, 0.1) is 0 Å². The highest BCUT2D eigenvalue weighted by molar-refractivity contribution is 6.42. The maximum atomic E-state index is 12.5. The summed E-state index contributed by atoms with van der Waals surface area (Å²) in [6.07, 6.45) is 1.60. The summed E-state index contributed by atoms with van der Waals surface area (Å²) in [6.45, 7) is 0.308. The Kier molecular flexibility index (Phi) is 4.73. The Hall–Kier alpha value is -2.09. The van der Waals surface area contributed by atoms with Crippen LogP contribution in [0.15, 0.2) is 30.5 Å². The molecule has 0 spiro atoms. The van der Waals surface area contributed by atoms with E-state index < -0.39 is 11.6 Å². The number of carbonyl (C=O) groups is 2. The number of halogens is 2. The summed E-state index contributed by atoms with van der Waals surface area (Å²) in [7, 11) is 0. The number of rotatable bonds is 3. The van der Waals surface area contributed by atoms with Crippen molar-refractivity contribution in [1.29, 1.82) is 0 Å². The van der Waals surface area contributed by atoms with Gasteiger partial charge in [0.1, 0.15) is 0 Å². The number of hydrogen-bond acceptors (Lipinski definition) is 4. The first-order valence-corrected chi connectivity index (χ1v) is 8.32. The molecule has 1 aromatic heterocycles. The molecule has 0 unspecified atom stereocenters. The molecule has 1 aliphatic rings. The third-order valence-corrected chi connectivity index (χ3v) is 4.99. The molecule has 1 amide bonds. The molecule has 0 bridgehead atoms. The first kappa shape index (κ1) is 17.7. The van der Waals surface area contributed by atoms with Crippen molar-refractivity contribution in [3.8, 4) is 5.69 Å². The largest absolute Gasteiger partial charge is 0.479 e. The third-order valence-electron chi connectivity index (χ3n) is 4.25. The number of carbonyl (C=O) groups excluding carboxylic acids is 1. The lowest BCUT2D eigenvalue weighted by molar-refractivity contribution is -0.162. The van der Waals surface area contributed by atoms with Gasteiger partial charge >= 0.3 is 5.97 Å². The number of aliphatic hydroxyl groups is 1. The highest BCUT2D eigenvalue weighted by Gasteiger charge is 2.40. The van der Waals surface area contributed by atoms with Crippen LogP contribution in [0.4, 0.5) is 0 Å². The molecule has 0 atom stereocenters. The Labute approximate surface area is 153 Å². The number of aromatic nitrogens is 2. The zero-order chi connectivity index (χ0) is 18.2. The van der Waals surface area contributed by atoms with Gasteiger partial charge in [-0.05, 0) is 24.3 Å². The molecular weight excluding hydrogens is 369 g/mol. The van der Waals surface area contributed by atoms with E-state index >= 15 is 0 Å². The van der Waals surface area contributed by atoms with E-state index in [-0.39, 0.29) is 37.5 Å². The first-order chi connectivity index (χ1) is 11.8. The van der Waals surface area contributed by atoms with Gasteiger partial charge in [-0.1, -0.05) is 23.2 Å². The molecule has 1 saturated heterocycles. The second-order valence-electron chi connectivity index (χ2n) is 5.87. The Morgan fingerprint density at radius 3 is 2.40 bits per heavy atom. The number of hydrogen-bond donors (Lipinski definition) is 2. The lowest BCUT2D eigenvalue weighted by atomic mass is 9.91. The summed E-state index contributed by atoms with van der Waals surface area (Å²) in [5, 5.41) is 24.0. The molecule has 3 rings (SSSR count). The average molecular weight is 384 g/mol. The quantitative estimate of drug-likeness (QED) is 0.846. The molecule has 0 aliphatic carbocycles. The van der Waals surface area contributed by atoms with Crippen molar-refractivity contribution < 1.29 is 19.8 Å². The molecule has 2 heterocycles. The lowest BCUT2D eigenvalue weighted by Crippen LogP contribution is -2.50. The topological polar surface area (TPSA) is 95.7 Å². The van der Waals surface area contributed by atoms with Gasteiger partial charge in [-0.3, -0.25) is 4.79 Å². The minimum absolute atomic E-state index is 0.0123. The maximum absolute atomic E-state index is 12.5. The molecule has 0 saturated carbocycles. The molecular formula is C16H15Cl2N3O4. The Bertz CT molecular complexity index is 829. The second-order valence-corrected chi connectivity index (χ2v) is 6.69. The van der Waals surface area contributed by atoms with Gasteiger partial charge in [-0.15, -0.1) is 0 Å². The molecule has 1 aromatic carbocycles. The van der Waals surface area contributed by atoms with E-state index in [1.807, 2.05) is 0 Å². The minimum atomic E-state index is -1.77. The van der Waals surface area contributed by atoms with Gasteiger partial charge in [0.2, 0.25) is 0 Å². The fourth-order valence-electron chi connectivity index (χ4n) is 2.66. The zero-order valence-electron chi connectivity index (χ0n) is 13.0. The summed E-state index contributed by atoms with van der Waals surface area (Å²) in [4.78, 5) is 25.1. The van der Waals surface area contributed by atoms with Gasteiger partial charge in [-0.25, -0.2) is 9.48 Å². The molecule has 25 heavy (non-hydrogen) atoms. The Morgan fingerprint density at radius 1 is 1.12 bits per heavy atom. The van der Waals surface area contributed by atoms with Gasteiger partial charge in [0.15, 0.2) is 11.3 Å². The van der Waals surface area contributed by atoms with Crippen molar-refractivity contribution in [2.45, 2.75) is 18.4 Å². The van der Waals surface area contributed by atoms with Crippen molar-refractivity contribution >= 4 is 35.1 Å². The van der Waals surface area contributed by atoms with E-state index in [1.165, 1.54) is 9.58 Å². The summed E-state index contributed by atoms with van der Waals surface area (Å²) in [5.74, 6) is -1.57. The van der Waals surface area contributed by atoms with E-state index in [9.17, 15) is 14.7 Å². The van der Waals surface area contributed by atoms with Gasteiger partial charge in [0.05, 0.1) is 15.7 Å². The first-order valence-electron chi connectivity index (χ1n) is 7.56. The van der Waals surface area contributed by atoms with E-state index in [4.69, 9.17) is 28.3 Å². The van der Waals surface area contributed by atoms with Crippen LogP contribution in [-0.2, 0) is 4.79 Å². The fourth-order valence-corrected chi connectivity index (χ4v) is 2.96. The smallest absolute Gasteiger partial charge is 0.335 e. The number of carboxylic acid groups (broad SMARTS) is 1. The van der Waals surface area contributed by atoms with Crippen LogP contribution in [0.3, 0.4) is 0 Å². The summed E-state index contributed by atoms with van der Waals surface area (Å²) in [6, 6.07) is 6.57. The fraction of sp³-hybridized carbons (Fsp3) is 0.312. The van der Waals surface area contributed by atoms with Crippen LogP contribution in [0.2, 0.25) is 10.0 Å². The lowest BCUT2D eigenvalue weighted by Gasteiger charge is -2.34. The normalized spacial score (nSPS) is 16.7. The summed E-state index contributed by atoms with van der Waals surface area (Å²) in [5.41, 5.74) is -0.880. The molecule has 132 valence electrons. The van der Waals surface area contributed by atoms with E-state index in [0.29, 0.717) is 15.7 Å². The summed E-state index contributed by atoms with van der Waals surface area (Å²) < 4.78 is 1.51. The highest BCUT2D eigenvalue weighted by Crippen LogP contribution is 2.25. The number of amides is 1. The van der Waals surface area contributed by atoms with E-state index in [0.717, 1.165) is 0 Å². The van der Waals surface area contributed by atoms with Crippen molar-refractivity contribution in [3.05, 3.63) is 46.2 Å². The number of likely N-dealkylation sites (tertiary alicyclic amines) is 1. The monoisotopic (exact) mass is 383 g/mol. The zero-order valence-corrected chi connectivity index (χ0v) is 14.5. The number of benzene rings is 1. The molecule has 1 aliphatic heterocycles. The Morgan fingerprint density at radius 2 is 1.80 bits per heavy atom. The maximum Gasteiger partial charge on any atom is 0.335 e. The molecule has 7 nitrogen and oxygen atoms in total. The van der Waals surface area contributed by atoms with E-state index in [1.54, 1.807) is 30.5 Å². The average Bonchev–Trinajstić information content (AvgIpc) is 3.07. The molecule has 9 heteroatoms. The number of aliphatic carboxylic acids is 1. The SMILES string of the molecule is O=C(c1ccn(-c2ccc(Cl)c(Cl)c2)n1)N1CCC(O)(C(=O)O)CC1. The van der Waals surface area contributed by atoms with Gasteiger partial charge in [0, 0.05) is 32.1 Å². The summed E-state index contributed by atoms with van der Waals surface area (Å²) >= 11 is 11.9. The van der Waals surface area contributed by atoms with Crippen LogP contribution < -0.4 is 0 Å².